The van der Waals surface area contributed by atoms with E-state index < -0.39 is 10.1 Å². The molecule has 9 heteroatoms. The first-order valence-electron chi connectivity index (χ1n) is 11.9. The molecule has 1 aromatic carbocycles. The van der Waals surface area contributed by atoms with Crippen LogP contribution in [0, 0.1) is 18.8 Å². The molecule has 188 valence electrons. The monoisotopic (exact) mass is 554 g/mol. The molecule has 1 aromatic rings. The van der Waals surface area contributed by atoms with Crippen molar-refractivity contribution in [2.45, 2.75) is 89.9 Å². The van der Waals surface area contributed by atoms with E-state index in [2.05, 4.69) is 12.6 Å². The quantitative estimate of drug-likeness (QED) is 0.304. The van der Waals surface area contributed by atoms with Crippen molar-refractivity contribution in [3.8, 4) is 0 Å². The van der Waals surface area contributed by atoms with Gasteiger partial charge in [0.15, 0.2) is 5.12 Å². The molecular weight excluding hydrogens is 516 g/mol. The van der Waals surface area contributed by atoms with Gasteiger partial charge in [0.05, 0.1) is 11.5 Å². The molecule has 5 nitrogen and oxygen atoms in total. The van der Waals surface area contributed by atoms with Crippen LogP contribution in [-0.4, -0.2) is 31.0 Å². The minimum Gasteiger partial charge on any atom is -0.742 e. The van der Waals surface area contributed by atoms with Crippen molar-refractivity contribution in [2.75, 3.05) is 12.4 Å². The van der Waals surface area contributed by atoms with Gasteiger partial charge in [-0.1, -0.05) is 68.0 Å². The van der Waals surface area contributed by atoms with Crippen molar-refractivity contribution in [1.29, 1.82) is 0 Å². The van der Waals surface area contributed by atoms with Gasteiger partial charge in [-0.25, -0.2) is 0 Å². The molecular formula is C25H39KO5S3. The Hall–Kier alpha value is 0.676. The molecule has 0 radical (unpaired) electrons. The number of aryl methyl sites for hydroxylation is 1. The van der Waals surface area contributed by atoms with Crippen molar-refractivity contribution < 1.29 is 73.6 Å². The first kappa shape index (κ1) is 34.7. The number of hydrogen-bond donors (Lipinski definition) is 0. The molecule has 0 N–H and O–H groups in total. The van der Waals surface area contributed by atoms with Gasteiger partial charge in [-0.15, -0.1) is 0 Å². The molecule has 0 aromatic heterocycles. The normalized spacial score (nSPS) is 16.7. The fourth-order valence-corrected chi connectivity index (χ4v) is 5.68. The minimum absolute atomic E-state index is 0. The number of carbonyl (C=O) groups is 2. The van der Waals surface area contributed by atoms with Gasteiger partial charge in [-0.2, -0.15) is 8.42 Å². The summed E-state index contributed by atoms with van der Waals surface area (Å²) in [5, 5.41) is 0.0237. The van der Waals surface area contributed by atoms with Crippen LogP contribution >= 0.6 is 11.8 Å². The van der Waals surface area contributed by atoms with Crippen molar-refractivity contribution >= 4 is 44.7 Å². The number of carbonyl (C=O) groups excluding carboxylic acids is 2. The van der Waals surface area contributed by atoms with Crippen LogP contribution in [0.15, 0.2) is 29.2 Å². The molecule has 0 heterocycles. The van der Waals surface area contributed by atoms with Crippen LogP contribution in [0.25, 0.3) is 0 Å². The van der Waals surface area contributed by atoms with Crippen molar-refractivity contribution in [3.05, 3.63) is 29.8 Å². The Morgan fingerprint density at radius 3 is 1.79 bits per heavy atom. The SMILES string of the molecule is CC(=O)SCC1CCCCC1.CC(=O)[S-].Cc1ccc(S(=O)(=O)OCC2CCCCC2)cc1.[K+]. The maximum Gasteiger partial charge on any atom is 1.00 e. The molecule has 2 saturated carbocycles. The zero-order valence-electron chi connectivity index (χ0n) is 21.2. The molecule has 0 aliphatic heterocycles. The van der Waals surface area contributed by atoms with E-state index in [1.165, 1.54) is 70.1 Å². The van der Waals surface area contributed by atoms with Crippen LogP contribution in [0.4, 0.5) is 0 Å². The third-order valence-electron chi connectivity index (χ3n) is 5.74. The Bertz CT molecular complexity index is 796. The molecule has 0 atom stereocenters. The molecule has 0 amide bonds. The van der Waals surface area contributed by atoms with Crippen LogP contribution in [0.5, 0.6) is 0 Å². The summed E-state index contributed by atoms with van der Waals surface area (Å²) in [6.45, 7) is 5.26. The second-order valence-electron chi connectivity index (χ2n) is 8.85. The Morgan fingerprint density at radius 2 is 1.35 bits per heavy atom. The summed E-state index contributed by atoms with van der Waals surface area (Å²) in [6, 6.07) is 6.78. The van der Waals surface area contributed by atoms with Crippen molar-refractivity contribution in [3.63, 3.8) is 0 Å². The standard InChI is InChI=1S/C14H20O3S.C9H16OS.C2H4OS.K/c1-12-7-9-14(10-8-12)18(15,16)17-11-13-5-3-2-4-6-13;1-8(10)11-7-9-5-3-2-4-6-9;1-2(3)4;/h7-10,13H,2-6,11H2,1H3;9H,2-7H2,1H3;1H3,(H,3,4);/q;;;+1/p-1. The molecule has 34 heavy (non-hydrogen) atoms. The van der Waals surface area contributed by atoms with E-state index in [0.717, 1.165) is 30.1 Å². The Balaban J connectivity index is 0.000000583. The Labute approximate surface area is 259 Å². The molecule has 0 bridgehead atoms. The smallest absolute Gasteiger partial charge is 0.742 e. The predicted molar refractivity (Wildman–Crippen MR) is 139 cm³/mol. The zero-order valence-corrected chi connectivity index (χ0v) is 26.8. The first-order chi connectivity index (χ1) is 15.6. The number of benzene rings is 1. The van der Waals surface area contributed by atoms with E-state index >= 15 is 0 Å². The third-order valence-corrected chi connectivity index (χ3v) is 8.08. The summed E-state index contributed by atoms with van der Waals surface area (Å²) in [6.07, 6.45) is 12.7. The molecule has 0 unspecified atom stereocenters. The summed E-state index contributed by atoms with van der Waals surface area (Å²) in [7, 11) is -3.58. The summed E-state index contributed by atoms with van der Waals surface area (Å²) < 4.78 is 29.1. The average molecular weight is 555 g/mol. The number of hydrogen-bond acceptors (Lipinski definition) is 7. The maximum atomic E-state index is 12.0. The van der Waals surface area contributed by atoms with Gasteiger partial charge in [0.25, 0.3) is 10.1 Å². The fraction of sp³-hybridized carbons (Fsp3) is 0.680. The Morgan fingerprint density at radius 1 is 0.912 bits per heavy atom. The third kappa shape index (κ3) is 17.2. The zero-order chi connectivity index (χ0) is 24.7. The van der Waals surface area contributed by atoms with Gasteiger partial charge in [-0.3, -0.25) is 8.98 Å². The van der Waals surface area contributed by atoms with Crippen LogP contribution in [-0.2, 0) is 36.5 Å². The van der Waals surface area contributed by atoms with Crippen LogP contribution < -0.4 is 51.4 Å². The first-order valence-corrected chi connectivity index (χ1v) is 14.7. The van der Waals surface area contributed by atoms with Crippen LogP contribution in [0.1, 0.15) is 83.6 Å². The second-order valence-corrected chi connectivity index (χ2v) is 12.2. The fourth-order valence-electron chi connectivity index (χ4n) is 3.90. The predicted octanol–water partition coefficient (Wildman–Crippen LogP) is 3.21. The Kier molecular flexibility index (Phi) is 20.1. The van der Waals surface area contributed by atoms with Gasteiger partial charge in [0, 0.05) is 17.8 Å². The topological polar surface area (TPSA) is 77.5 Å². The molecule has 0 spiro atoms. The van der Waals surface area contributed by atoms with Gasteiger partial charge in [0.2, 0.25) is 0 Å². The van der Waals surface area contributed by atoms with Gasteiger partial charge < -0.3 is 17.4 Å². The van der Waals surface area contributed by atoms with Crippen molar-refractivity contribution in [2.24, 2.45) is 11.8 Å². The van der Waals surface area contributed by atoms with Crippen LogP contribution in [0.3, 0.4) is 0 Å². The van der Waals surface area contributed by atoms with E-state index in [9.17, 15) is 18.0 Å². The van der Waals surface area contributed by atoms with Gasteiger partial charge in [-0.05, 0) is 63.5 Å². The molecule has 3 rings (SSSR count). The molecule has 2 aliphatic rings. The molecule has 2 aliphatic carbocycles. The summed E-state index contributed by atoms with van der Waals surface area (Å²) in [5.74, 6) is 2.30. The summed E-state index contributed by atoms with van der Waals surface area (Å²) in [4.78, 5) is 20.2. The van der Waals surface area contributed by atoms with Gasteiger partial charge >= 0.3 is 51.4 Å². The average Bonchev–Trinajstić information content (AvgIpc) is 2.78. The summed E-state index contributed by atoms with van der Waals surface area (Å²) in [5.41, 5.74) is 1.04. The van der Waals surface area contributed by atoms with Crippen molar-refractivity contribution in [1.82, 2.24) is 0 Å². The minimum atomic E-state index is -3.58. The van der Waals surface area contributed by atoms with E-state index in [0.29, 0.717) is 12.5 Å². The van der Waals surface area contributed by atoms with Crippen LogP contribution in [0.2, 0.25) is 0 Å². The van der Waals surface area contributed by atoms with E-state index in [1.54, 1.807) is 31.2 Å². The second kappa shape index (κ2) is 19.7. The molecule has 0 saturated heterocycles. The largest absolute Gasteiger partial charge is 1.00 e. The number of rotatable bonds is 6. The van der Waals surface area contributed by atoms with E-state index in [1.807, 2.05) is 6.92 Å². The van der Waals surface area contributed by atoms with Gasteiger partial charge in [0.1, 0.15) is 0 Å². The maximum absolute atomic E-state index is 12.0. The van der Waals surface area contributed by atoms with E-state index in [-0.39, 0.29) is 66.5 Å². The number of thioether (sulfide) groups is 1. The van der Waals surface area contributed by atoms with E-state index in [4.69, 9.17) is 4.18 Å². The molecule has 2 fully saturated rings. The summed E-state index contributed by atoms with van der Waals surface area (Å²) >= 11 is 5.48.